The summed E-state index contributed by atoms with van der Waals surface area (Å²) in [5.74, 6) is 0.877. The van der Waals surface area contributed by atoms with Gasteiger partial charge in [0.15, 0.2) is 0 Å². The van der Waals surface area contributed by atoms with Gasteiger partial charge in [-0.15, -0.1) is 0 Å². The highest BCUT2D eigenvalue weighted by Crippen LogP contribution is 2.17. The van der Waals surface area contributed by atoms with Crippen molar-refractivity contribution in [2.24, 2.45) is 0 Å². The van der Waals surface area contributed by atoms with E-state index in [1.165, 1.54) is 6.33 Å². The van der Waals surface area contributed by atoms with Crippen LogP contribution in [0.2, 0.25) is 0 Å². The van der Waals surface area contributed by atoms with E-state index in [9.17, 15) is 0 Å². The molecule has 4 nitrogen and oxygen atoms in total. The SMILES string of the molecule is CCOc1cccc(NCc2cncnc2)c1. The van der Waals surface area contributed by atoms with E-state index in [0.717, 1.165) is 17.0 Å². The summed E-state index contributed by atoms with van der Waals surface area (Å²) in [5, 5.41) is 3.30. The molecule has 0 saturated heterocycles. The summed E-state index contributed by atoms with van der Waals surface area (Å²) in [4.78, 5) is 7.94. The molecule has 0 fully saturated rings. The van der Waals surface area contributed by atoms with E-state index >= 15 is 0 Å². The second-order valence-electron chi connectivity index (χ2n) is 3.56. The molecule has 0 unspecified atom stereocenters. The third-order valence-corrected chi connectivity index (χ3v) is 2.26. The van der Waals surface area contributed by atoms with Crippen molar-refractivity contribution in [2.45, 2.75) is 13.5 Å². The molecule has 4 heteroatoms. The lowest BCUT2D eigenvalue weighted by molar-refractivity contribution is 0.340. The summed E-state index contributed by atoms with van der Waals surface area (Å²) >= 11 is 0. The number of nitrogens with zero attached hydrogens (tertiary/aromatic N) is 2. The zero-order chi connectivity index (χ0) is 11.9. The van der Waals surface area contributed by atoms with Crippen LogP contribution < -0.4 is 10.1 Å². The molecule has 0 saturated carbocycles. The fourth-order valence-corrected chi connectivity index (χ4v) is 1.49. The zero-order valence-electron chi connectivity index (χ0n) is 9.76. The Morgan fingerprint density at radius 1 is 1.24 bits per heavy atom. The molecule has 2 rings (SSSR count). The summed E-state index contributed by atoms with van der Waals surface area (Å²) < 4.78 is 5.43. The molecule has 0 bridgehead atoms. The highest BCUT2D eigenvalue weighted by Gasteiger charge is 1.97. The molecule has 1 heterocycles. The molecular formula is C13H15N3O. The molecule has 0 aliphatic heterocycles. The smallest absolute Gasteiger partial charge is 0.121 e. The van der Waals surface area contributed by atoms with Crippen LogP contribution in [0.15, 0.2) is 43.0 Å². The molecule has 1 N–H and O–H groups in total. The molecular weight excluding hydrogens is 214 g/mol. The molecule has 0 aliphatic rings. The van der Waals surface area contributed by atoms with Crippen LogP contribution in [0.1, 0.15) is 12.5 Å². The van der Waals surface area contributed by atoms with Gasteiger partial charge in [-0.2, -0.15) is 0 Å². The van der Waals surface area contributed by atoms with E-state index in [2.05, 4.69) is 15.3 Å². The van der Waals surface area contributed by atoms with Crippen LogP contribution in [-0.2, 0) is 6.54 Å². The van der Waals surface area contributed by atoms with E-state index in [-0.39, 0.29) is 0 Å². The first kappa shape index (κ1) is 11.4. The predicted molar refractivity (Wildman–Crippen MR) is 67.0 cm³/mol. The number of benzene rings is 1. The van der Waals surface area contributed by atoms with Gasteiger partial charge in [-0.05, 0) is 19.1 Å². The molecule has 2 aromatic rings. The Morgan fingerprint density at radius 2 is 2.06 bits per heavy atom. The molecule has 0 radical (unpaired) electrons. The largest absolute Gasteiger partial charge is 0.494 e. The van der Waals surface area contributed by atoms with Gasteiger partial charge in [-0.3, -0.25) is 0 Å². The molecule has 1 aromatic heterocycles. The Bertz CT molecular complexity index is 459. The summed E-state index contributed by atoms with van der Waals surface area (Å²) in [6, 6.07) is 7.90. The van der Waals surface area contributed by atoms with Gasteiger partial charge in [0.25, 0.3) is 0 Å². The fourth-order valence-electron chi connectivity index (χ4n) is 1.49. The van der Waals surface area contributed by atoms with Crippen molar-refractivity contribution in [1.82, 2.24) is 9.97 Å². The fraction of sp³-hybridized carbons (Fsp3) is 0.231. The van der Waals surface area contributed by atoms with Crippen molar-refractivity contribution in [2.75, 3.05) is 11.9 Å². The van der Waals surface area contributed by atoms with Crippen molar-refractivity contribution in [3.05, 3.63) is 48.5 Å². The third kappa shape index (κ3) is 3.45. The van der Waals surface area contributed by atoms with Crippen molar-refractivity contribution in [3.8, 4) is 5.75 Å². The lowest BCUT2D eigenvalue weighted by atomic mass is 10.3. The second-order valence-corrected chi connectivity index (χ2v) is 3.56. The second kappa shape index (κ2) is 5.84. The number of ether oxygens (including phenoxy) is 1. The summed E-state index contributed by atoms with van der Waals surface area (Å²) in [6.45, 7) is 3.35. The van der Waals surface area contributed by atoms with E-state index in [1.807, 2.05) is 31.2 Å². The average molecular weight is 229 g/mol. The highest BCUT2D eigenvalue weighted by molar-refractivity contribution is 5.48. The molecule has 0 spiro atoms. The van der Waals surface area contributed by atoms with Gasteiger partial charge in [-0.25, -0.2) is 9.97 Å². The molecule has 17 heavy (non-hydrogen) atoms. The Hall–Kier alpha value is -2.10. The van der Waals surface area contributed by atoms with Gasteiger partial charge >= 0.3 is 0 Å². The lowest BCUT2D eigenvalue weighted by Crippen LogP contribution is -2.00. The third-order valence-electron chi connectivity index (χ3n) is 2.26. The highest BCUT2D eigenvalue weighted by atomic mass is 16.5. The minimum Gasteiger partial charge on any atom is -0.494 e. The lowest BCUT2D eigenvalue weighted by Gasteiger charge is -2.08. The first-order chi connectivity index (χ1) is 8.38. The van der Waals surface area contributed by atoms with Crippen LogP contribution in [0, 0.1) is 0 Å². The van der Waals surface area contributed by atoms with Crippen molar-refractivity contribution >= 4 is 5.69 Å². The summed E-state index contributed by atoms with van der Waals surface area (Å²) in [7, 11) is 0. The maximum Gasteiger partial charge on any atom is 0.121 e. The maximum absolute atomic E-state index is 5.43. The molecule has 0 amide bonds. The zero-order valence-corrected chi connectivity index (χ0v) is 9.76. The molecule has 88 valence electrons. The van der Waals surface area contributed by atoms with Crippen molar-refractivity contribution in [3.63, 3.8) is 0 Å². The first-order valence-corrected chi connectivity index (χ1v) is 5.59. The average Bonchev–Trinajstić information content (AvgIpc) is 2.39. The standard InChI is InChI=1S/C13H15N3O/c1-2-17-13-5-3-4-12(6-13)16-9-11-7-14-10-15-8-11/h3-8,10,16H,2,9H2,1H3. The number of hydrogen-bond acceptors (Lipinski definition) is 4. The van der Waals surface area contributed by atoms with Crippen LogP contribution in [0.5, 0.6) is 5.75 Å². The van der Waals surface area contributed by atoms with Gasteiger partial charge in [0.1, 0.15) is 12.1 Å². The number of aromatic nitrogens is 2. The predicted octanol–water partition coefficient (Wildman–Crippen LogP) is 2.49. The van der Waals surface area contributed by atoms with Gasteiger partial charge < -0.3 is 10.1 Å². The number of rotatable bonds is 5. The van der Waals surface area contributed by atoms with Crippen LogP contribution in [0.4, 0.5) is 5.69 Å². The number of nitrogens with one attached hydrogen (secondary N) is 1. The molecule has 0 atom stereocenters. The minimum absolute atomic E-state index is 0.677. The Labute approximate surface area is 101 Å². The van der Waals surface area contributed by atoms with Crippen LogP contribution >= 0.6 is 0 Å². The van der Waals surface area contributed by atoms with Crippen LogP contribution in [-0.4, -0.2) is 16.6 Å². The summed E-state index contributed by atoms with van der Waals surface area (Å²) in [6.07, 6.45) is 5.12. The Balaban J connectivity index is 1.97. The van der Waals surface area contributed by atoms with Gasteiger partial charge in [-0.1, -0.05) is 6.07 Å². The maximum atomic E-state index is 5.43. The van der Waals surface area contributed by atoms with Crippen LogP contribution in [0.25, 0.3) is 0 Å². The summed E-state index contributed by atoms with van der Waals surface area (Å²) in [5.41, 5.74) is 2.08. The van der Waals surface area contributed by atoms with Gasteiger partial charge in [0, 0.05) is 36.3 Å². The molecule has 1 aromatic carbocycles. The number of hydrogen-bond donors (Lipinski definition) is 1. The van der Waals surface area contributed by atoms with E-state index in [4.69, 9.17) is 4.74 Å². The Kier molecular flexibility index (Phi) is 3.91. The normalized spacial score (nSPS) is 9.94. The van der Waals surface area contributed by atoms with Crippen LogP contribution in [0.3, 0.4) is 0 Å². The quantitative estimate of drug-likeness (QED) is 0.855. The van der Waals surface area contributed by atoms with Crippen molar-refractivity contribution in [1.29, 1.82) is 0 Å². The van der Waals surface area contributed by atoms with E-state index in [1.54, 1.807) is 12.4 Å². The van der Waals surface area contributed by atoms with Gasteiger partial charge in [0.05, 0.1) is 6.61 Å². The molecule has 0 aliphatic carbocycles. The van der Waals surface area contributed by atoms with E-state index in [0.29, 0.717) is 13.2 Å². The van der Waals surface area contributed by atoms with E-state index < -0.39 is 0 Å². The number of anilines is 1. The Morgan fingerprint density at radius 3 is 2.82 bits per heavy atom. The van der Waals surface area contributed by atoms with Crippen molar-refractivity contribution < 1.29 is 4.74 Å². The minimum atomic E-state index is 0.677. The first-order valence-electron chi connectivity index (χ1n) is 5.59. The monoisotopic (exact) mass is 229 g/mol. The van der Waals surface area contributed by atoms with Gasteiger partial charge in [0.2, 0.25) is 0 Å². The topological polar surface area (TPSA) is 47.0 Å².